The zero-order valence-electron chi connectivity index (χ0n) is 9.42. The van der Waals surface area contributed by atoms with Crippen LogP contribution in [-0.2, 0) is 11.0 Å². The average molecular weight is 259 g/mol. The van der Waals surface area contributed by atoms with Crippen LogP contribution in [0.2, 0.25) is 0 Å². The molecule has 0 aliphatic carbocycles. The van der Waals surface area contributed by atoms with Gasteiger partial charge in [-0.3, -0.25) is 4.79 Å². The monoisotopic (exact) mass is 259 g/mol. The first-order valence-corrected chi connectivity index (χ1v) is 5.48. The molecule has 2 rings (SSSR count). The van der Waals surface area contributed by atoms with Gasteiger partial charge in [0.15, 0.2) is 0 Å². The number of halogens is 3. The number of carbonyl (C=O) groups is 1. The first kappa shape index (κ1) is 12.7. The highest BCUT2D eigenvalue weighted by Gasteiger charge is 2.38. The van der Waals surface area contributed by atoms with E-state index in [1.807, 2.05) is 0 Å². The number of aromatic nitrogens is 1. The van der Waals surface area contributed by atoms with E-state index in [1.165, 1.54) is 12.1 Å². The third-order valence-corrected chi connectivity index (χ3v) is 2.90. The highest BCUT2D eigenvalue weighted by molar-refractivity contribution is 5.77. The van der Waals surface area contributed by atoms with Crippen LogP contribution in [0.15, 0.2) is 12.1 Å². The molecule has 7 heteroatoms. The fourth-order valence-corrected chi connectivity index (χ4v) is 2.09. The van der Waals surface area contributed by atoms with E-state index < -0.39 is 17.8 Å². The third kappa shape index (κ3) is 2.55. The predicted molar refractivity (Wildman–Crippen MR) is 58.6 cm³/mol. The smallest absolute Gasteiger partial charge is 0.384 e. The maximum atomic E-state index is 12.9. The molecule has 0 radical (unpaired) electrons. The van der Waals surface area contributed by atoms with Gasteiger partial charge in [0.05, 0.1) is 0 Å². The second-order valence-electron chi connectivity index (χ2n) is 4.21. The number of hydrogen-bond acceptors (Lipinski definition) is 3. The van der Waals surface area contributed by atoms with E-state index in [1.54, 1.807) is 0 Å². The van der Waals surface area contributed by atoms with Crippen LogP contribution in [0.4, 0.5) is 19.0 Å². The molecule has 4 nitrogen and oxygen atoms in total. The van der Waals surface area contributed by atoms with Gasteiger partial charge in [-0.1, -0.05) is 6.07 Å². The van der Waals surface area contributed by atoms with E-state index in [-0.39, 0.29) is 23.7 Å². The van der Waals surface area contributed by atoms with Gasteiger partial charge in [-0.15, -0.1) is 0 Å². The lowest BCUT2D eigenvalue weighted by Gasteiger charge is -2.24. The summed E-state index contributed by atoms with van der Waals surface area (Å²) in [5.41, 5.74) is 4.35. The molecule has 0 aromatic carbocycles. The van der Waals surface area contributed by atoms with Gasteiger partial charge in [-0.05, 0) is 24.0 Å². The predicted octanol–water partition coefficient (Wildman–Crippen LogP) is 1.68. The Morgan fingerprint density at radius 2 is 2.11 bits per heavy atom. The Morgan fingerprint density at radius 3 is 2.72 bits per heavy atom. The van der Waals surface area contributed by atoms with Crippen molar-refractivity contribution >= 4 is 11.7 Å². The molecule has 1 aromatic heterocycles. The molecule has 1 fully saturated rings. The molecule has 1 saturated heterocycles. The molecule has 0 bridgehead atoms. The van der Waals surface area contributed by atoms with Crippen LogP contribution >= 0.6 is 0 Å². The zero-order chi connectivity index (χ0) is 13.3. The Kier molecular flexibility index (Phi) is 3.14. The lowest BCUT2D eigenvalue weighted by Crippen LogP contribution is -2.33. The Morgan fingerprint density at radius 1 is 1.39 bits per heavy atom. The van der Waals surface area contributed by atoms with Crippen LogP contribution in [0, 0.1) is 0 Å². The van der Waals surface area contributed by atoms with Crippen LogP contribution in [0.25, 0.3) is 0 Å². The van der Waals surface area contributed by atoms with E-state index in [9.17, 15) is 18.0 Å². The van der Waals surface area contributed by atoms with Crippen LogP contribution in [-0.4, -0.2) is 17.4 Å². The number of hydrogen-bond donors (Lipinski definition) is 2. The van der Waals surface area contributed by atoms with Crippen LogP contribution in [0.5, 0.6) is 0 Å². The number of alkyl halides is 3. The molecule has 1 aromatic rings. The fourth-order valence-electron chi connectivity index (χ4n) is 2.09. The second kappa shape index (κ2) is 4.47. The Labute approximate surface area is 101 Å². The maximum absolute atomic E-state index is 12.9. The summed E-state index contributed by atoms with van der Waals surface area (Å²) >= 11 is 0. The number of nitrogens with zero attached hydrogens (tertiary/aromatic N) is 1. The van der Waals surface area contributed by atoms with Gasteiger partial charge in [0.25, 0.3) is 0 Å². The Bertz CT molecular complexity index is 473. The molecule has 1 atom stereocenters. The number of piperidine rings is 1. The van der Waals surface area contributed by atoms with Gasteiger partial charge >= 0.3 is 6.18 Å². The van der Waals surface area contributed by atoms with Gasteiger partial charge < -0.3 is 11.1 Å². The molecule has 0 spiro atoms. The van der Waals surface area contributed by atoms with Crippen molar-refractivity contribution in [1.82, 2.24) is 10.3 Å². The van der Waals surface area contributed by atoms with E-state index in [0.717, 1.165) is 0 Å². The van der Waals surface area contributed by atoms with E-state index >= 15 is 0 Å². The van der Waals surface area contributed by atoms with E-state index in [2.05, 4.69) is 10.3 Å². The van der Waals surface area contributed by atoms with Gasteiger partial charge in [0.1, 0.15) is 11.5 Å². The number of amides is 1. The summed E-state index contributed by atoms with van der Waals surface area (Å²) in [6.45, 7) is 0.380. The number of pyridine rings is 1. The molecule has 0 saturated carbocycles. The highest BCUT2D eigenvalue weighted by Crippen LogP contribution is 2.37. The highest BCUT2D eigenvalue weighted by atomic mass is 19.4. The van der Waals surface area contributed by atoms with Gasteiger partial charge in [0, 0.05) is 13.0 Å². The van der Waals surface area contributed by atoms with Crippen molar-refractivity contribution < 1.29 is 18.0 Å². The minimum Gasteiger partial charge on any atom is -0.384 e. The number of anilines is 1. The van der Waals surface area contributed by atoms with Crippen molar-refractivity contribution in [3.05, 3.63) is 23.4 Å². The van der Waals surface area contributed by atoms with Crippen molar-refractivity contribution in [2.24, 2.45) is 0 Å². The average Bonchev–Trinajstić information content (AvgIpc) is 2.27. The molecule has 1 amide bonds. The SMILES string of the molecule is Nc1ccc([C@@H]2CCNC(=O)C2)c(C(F)(F)F)n1. The summed E-state index contributed by atoms with van der Waals surface area (Å²) in [5, 5.41) is 2.59. The van der Waals surface area contributed by atoms with Crippen LogP contribution in [0.1, 0.15) is 30.0 Å². The lowest BCUT2D eigenvalue weighted by atomic mass is 9.88. The number of nitrogens with two attached hydrogens (primary N) is 1. The summed E-state index contributed by atoms with van der Waals surface area (Å²) in [6.07, 6.45) is -4.03. The van der Waals surface area contributed by atoms with Crippen LogP contribution in [0.3, 0.4) is 0 Å². The quantitative estimate of drug-likeness (QED) is 0.806. The van der Waals surface area contributed by atoms with Gasteiger partial charge in [-0.2, -0.15) is 13.2 Å². The molecule has 18 heavy (non-hydrogen) atoms. The summed E-state index contributed by atoms with van der Waals surface area (Å²) < 4.78 is 38.6. The molecule has 2 heterocycles. The Hall–Kier alpha value is -1.79. The summed E-state index contributed by atoms with van der Waals surface area (Å²) in [6, 6.07) is 2.64. The van der Waals surface area contributed by atoms with Crippen molar-refractivity contribution in [2.45, 2.75) is 24.9 Å². The molecule has 0 unspecified atom stereocenters. The number of carbonyl (C=O) groups excluding carboxylic acids is 1. The van der Waals surface area contributed by atoms with Crippen molar-refractivity contribution in [3.63, 3.8) is 0 Å². The molecular formula is C11H12F3N3O. The summed E-state index contributed by atoms with van der Waals surface area (Å²) in [4.78, 5) is 14.6. The van der Waals surface area contributed by atoms with E-state index in [0.29, 0.717) is 13.0 Å². The summed E-state index contributed by atoms with van der Waals surface area (Å²) in [5.74, 6) is -0.869. The first-order valence-electron chi connectivity index (χ1n) is 5.48. The fraction of sp³-hybridized carbons (Fsp3) is 0.455. The van der Waals surface area contributed by atoms with Gasteiger partial charge in [-0.25, -0.2) is 4.98 Å². The van der Waals surface area contributed by atoms with Crippen molar-refractivity contribution in [2.75, 3.05) is 12.3 Å². The number of nitrogen functional groups attached to an aromatic ring is 1. The Balaban J connectivity index is 2.40. The second-order valence-corrected chi connectivity index (χ2v) is 4.21. The molecular weight excluding hydrogens is 247 g/mol. The van der Waals surface area contributed by atoms with E-state index in [4.69, 9.17) is 5.73 Å². The number of nitrogens with one attached hydrogen (secondary N) is 1. The molecule has 98 valence electrons. The minimum atomic E-state index is -4.56. The molecule has 1 aliphatic rings. The lowest BCUT2D eigenvalue weighted by molar-refractivity contribution is -0.142. The standard InChI is InChI=1S/C11H12F3N3O/c12-11(13,14)10-7(1-2-8(15)17-10)6-3-4-16-9(18)5-6/h1-2,6H,3-5H2,(H2,15,17)(H,16,18)/t6-/m1/s1. The normalized spacial score (nSPS) is 20.6. The number of rotatable bonds is 1. The van der Waals surface area contributed by atoms with Crippen LogP contribution < -0.4 is 11.1 Å². The summed E-state index contributed by atoms with van der Waals surface area (Å²) in [7, 11) is 0. The maximum Gasteiger partial charge on any atom is 0.433 e. The topological polar surface area (TPSA) is 68.0 Å². The van der Waals surface area contributed by atoms with Crippen molar-refractivity contribution in [1.29, 1.82) is 0 Å². The molecule has 3 N–H and O–H groups in total. The molecule has 1 aliphatic heterocycles. The largest absolute Gasteiger partial charge is 0.433 e. The zero-order valence-corrected chi connectivity index (χ0v) is 9.42. The van der Waals surface area contributed by atoms with Gasteiger partial charge in [0.2, 0.25) is 5.91 Å². The minimum absolute atomic E-state index is 0.0477. The first-order chi connectivity index (χ1) is 8.38. The van der Waals surface area contributed by atoms with Crippen molar-refractivity contribution in [3.8, 4) is 0 Å². The third-order valence-electron chi connectivity index (χ3n) is 2.90.